The van der Waals surface area contributed by atoms with Gasteiger partial charge in [-0.3, -0.25) is 9.59 Å². The summed E-state index contributed by atoms with van der Waals surface area (Å²) in [6, 6.07) is 7.41. The second-order valence-electron chi connectivity index (χ2n) is 5.07. The highest BCUT2D eigenvalue weighted by molar-refractivity contribution is 9.10. The number of carbonyl (C=O) groups excluding carboxylic acids is 1. The highest BCUT2D eigenvalue weighted by Crippen LogP contribution is 2.34. The lowest BCUT2D eigenvalue weighted by Crippen LogP contribution is -2.35. The Kier molecular flexibility index (Phi) is 4.26. The summed E-state index contributed by atoms with van der Waals surface area (Å²) in [5.74, 6) is 0.00565. The van der Waals surface area contributed by atoms with Crippen LogP contribution in [0.1, 0.15) is 23.8 Å². The van der Waals surface area contributed by atoms with Crippen molar-refractivity contribution in [2.75, 3.05) is 6.54 Å². The largest absolute Gasteiger partial charge is 0.333 e. The maximum atomic E-state index is 12.5. The zero-order valence-corrected chi connectivity index (χ0v) is 13.8. The first-order chi connectivity index (χ1) is 10.1. The van der Waals surface area contributed by atoms with Crippen molar-refractivity contribution in [3.05, 3.63) is 55.5 Å². The van der Waals surface area contributed by atoms with Gasteiger partial charge in [-0.2, -0.15) is 0 Å². The summed E-state index contributed by atoms with van der Waals surface area (Å²) in [7, 11) is 0. The van der Waals surface area contributed by atoms with Crippen LogP contribution in [0.2, 0.25) is 0 Å². The molecule has 1 unspecified atom stereocenters. The topological polar surface area (TPSA) is 42.3 Å². The van der Waals surface area contributed by atoms with E-state index in [2.05, 4.69) is 22.0 Å². The Morgan fingerprint density at radius 1 is 1.38 bits per heavy atom. The van der Waals surface area contributed by atoms with Gasteiger partial charge in [-0.15, -0.1) is 11.3 Å². The summed E-state index contributed by atoms with van der Waals surface area (Å²) in [5, 5.41) is 2.04. The fourth-order valence-electron chi connectivity index (χ4n) is 2.70. The van der Waals surface area contributed by atoms with E-state index in [0.717, 1.165) is 23.9 Å². The smallest absolute Gasteiger partial charge is 0.251 e. The number of aromatic nitrogens is 1. The van der Waals surface area contributed by atoms with Gasteiger partial charge in [-0.1, -0.05) is 6.07 Å². The summed E-state index contributed by atoms with van der Waals surface area (Å²) in [6.45, 7) is 0.865. The van der Waals surface area contributed by atoms with E-state index in [9.17, 15) is 9.59 Å². The van der Waals surface area contributed by atoms with E-state index in [1.807, 2.05) is 16.3 Å². The molecule has 0 aliphatic carbocycles. The minimum Gasteiger partial charge on any atom is -0.333 e. The number of rotatable bonds is 3. The van der Waals surface area contributed by atoms with Crippen LogP contribution in [0.5, 0.6) is 0 Å². The van der Waals surface area contributed by atoms with Crippen molar-refractivity contribution in [1.29, 1.82) is 0 Å². The van der Waals surface area contributed by atoms with Crippen LogP contribution in [-0.2, 0) is 11.3 Å². The van der Waals surface area contributed by atoms with Gasteiger partial charge in [0.05, 0.1) is 6.04 Å². The van der Waals surface area contributed by atoms with Gasteiger partial charge >= 0.3 is 0 Å². The second kappa shape index (κ2) is 6.15. The summed E-state index contributed by atoms with van der Waals surface area (Å²) >= 11 is 5.01. The molecule has 3 rings (SSSR count). The summed E-state index contributed by atoms with van der Waals surface area (Å²) in [4.78, 5) is 27.5. The highest BCUT2D eigenvalue weighted by atomic mass is 79.9. The quantitative estimate of drug-likeness (QED) is 0.837. The lowest BCUT2D eigenvalue weighted by atomic mass is 10.2. The van der Waals surface area contributed by atoms with Gasteiger partial charge in [0.2, 0.25) is 5.91 Å². The average Bonchev–Trinajstić information content (AvgIpc) is 3.12. The minimum absolute atomic E-state index is 0.00565. The molecule has 21 heavy (non-hydrogen) atoms. The first kappa shape index (κ1) is 14.5. The SMILES string of the molecule is O=C(Cn1cc(Br)ccc1=O)N1CCCC1c1cccs1. The molecule has 6 heteroatoms. The zero-order valence-electron chi connectivity index (χ0n) is 11.4. The molecule has 110 valence electrons. The third-order valence-corrected chi connectivity index (χ3v) is 5.14. The number of hydrogen-bond donors (Lipinski definition) is 0. The molecule has 1 atom stereocenters. The predicted octanol–water partition coefficient (Wildman–Crippen LogP) is 3.04. The van der Waals surface area contributed by atoms with Crippen LogP contribution in [0.3, 0.4) is 0 Å². The maximum Gasteiger partial charge on any atom is 0.251 e. The fourth-order valence-corrected chi connectivity index (χ4v) is 3.96. The van der Waals surface area contributed by atoms with Gasteiger partial charge in [-0.05, 0) is 46.3 Å². The molecular formula is C15H15BrN2O2S. The summed E-state index contributed by atoms with van der Waals surface area (Å²) in [6.07, 6.45) is 3.68. The number of halogens is 1. The van der Waals surface area contributed by atoms with Gasteiger partial charge < -0.3 is 9.47 Å². The van der Waals surface area contributed by atoms with Crippen LogP contribution >= 0.6 is 27.3 Å². The third-order valence-electron chi connectivity index (χ3n) is 3.70. The van der Waals surface area contributed by atoms with Crippen LogP contribution in [-0.4, -0.2) is 21.9 Å². The Labute approximate surface area is 135 Å². The van der Waals surface area contributed by atoms with E-state index in [-0.39, 0.29) is 24.1 Å². The number of hydrogen-bond acceptors (Lipinski definition) is 3. The van der Waals surface area contributed by atoms with Gasteiger partial charge in [0.15, 0.2) is 0 Å². The molecule has 0 bridgehead atoms. The number of likely N-dealkylation sites (tertiary alicyclic amines) is 1. The molecule has 1 saturated heterocycles. The molecule has 1 aliphatic heterocycles. The lowest BCUT2D eigenvalue weighted by molar-refractivity contribution is -0.132. The molecule has 0 aromatic carbocycles. The highest BCUT2D eigenvalue weighted by Gasteiger charge is 2.30. The molecule has 0 spiro atoms. The standard InChI is InChI=1S/C15H15BrN2O2S/c16-11-5-6-14(19)17(9-11)10-15(20)18-7-1-3-12(18)13-4-2-8-21-13/h2,4-6,8-9,12H,1,3,7,10H2. The van der Waals surface area contributed by atoms with Crippen molar-refractivity contribution in [2.45, 2.75) is 25.4 Å². The van der Waals surface area contributed by atoms with Gasteiger partial charge in [0, 0.05) is 28.2 Å². The molecule has 1 aliphatic rings. The van der Waals surface area contributed by atoms with Crippen LogP contribution in [0.15, 0.2) is 45.1 Å². The molecule has 0 N–H and O–H groups in total. The molecule has 4 nitrogen and oxygen atoms in total. The van der Waals surface area contributed by atoms with Crippen LogP contribution in [0.4, 0.5) is 0 Å². The van der Waals surface area contributed by atoms with E-state index in [1.54, 1.807) is 23.6 Å². The first-order valence-electron chi connectivity index (χ1n) is 6.84. The Hall–Kier alpha value is -1.40. The van der Waals surface area contributed by atoms with E-state index in [1.165, 1.54) is 15.5 Å². The Morgan fingerprint density at radius 2 is 2.24 bits per heavy atom. The Morgan fingerprint density at radius 3 is 3.00 bits per heavy atom. The molecule has 2 aromatic heterocycles. The maximum absolute atomic E-state index is 12.5. The van der Waals surface area contributed by atoms with Crippen LogP contribution in [0, 0.1) is 0 Å². The van der Waals surface area contributed by atoms with Gasteiger partial charge in [0.1, 0.15) is 6.54 Å². The summed E-state index contributed by atoms with van der Waals surface area (Å²) < 4.78 is 2.25. The van der Waals surface area contributed by atoms with E-state index >= 15 is 0 Å². The van der Waals surface area contributed by atoms with E-state index < -0.39 is 0 Å². The molecule has 0 saturated carbocycles. The number of pyridine rings is 1. The molecule has 1 amide bonds. The van der Waals surface area contributed by atoms with Crippen LogP contribution in [0.25, 0.3) is 0 Å². The van der Waals surface area contributed by atoms with Gasteiger partial charge in [0.25, 0.3) is 5.56 Å². The number of thiophene rings is 1. The predicted molar refractivity (Wildman–Crippen MR) is 86.4 cm³/mol. The molecule has 1 fully saturated rings. The Bertz CT molecular complexity index is 696. The van der Waals surface area contributed by atoms with Gasteiger partial charge in [-0.25, -0.2) is 0 Å². The summed E-state index contributed by atoms with van der Waals surface area (Å²) in [5.41, 5.74) is -0.154. The molecule has 0 radical (unpaired) electrons. The van der Waals surface area contributed by atoms with E-state index in [0.29, 0.717) is 0 Å². The van der Waals surface area contributed by atoms with Crippen LogP contribution < -0.4 is 5.56 Å². The number of nitrogens with zero attached hydrogens (tertiary/aromatic N) is 2. The van der Waals surface area contributed by atoms with Crippen molar-refractivity contribution in [1.82, 2.24) is 9.47 Å². The zero-order chi connectivity index (χ0) is 14.8. The minimum atomic E-state index is -0.154. The fraction of sp³-hybridized carbons (Fsp3) is 0.333. The number of carbonyl (C=O) groups is 1. The van der Waals surface area contributed by atoms with Crippen molar-refractivity contribution in [3.8, 4) is 0 Å². The average molecular weight is 367 g/mol. The van der Waals surface area contributed by atoms with Crippen molar-refractivity contribution in [3.63, 3.8) is 0 Å². The Balaban J connectivity index is 1.78. The van der Waals surface area contributed by atoms with Crippen molar-refractivity contribution >= 4 is 33.2 Å². The molecular weight excluding hydrogens is 352 g/mol. The van der Waals surface area contributed by atoms with Crippen molar-refractivity contribution in [2.24, 2.45) is 0 Å². The monoisotopic (exact) mass is 366 g/mol. The normalized spacial score (nSPS) is 18.1. The first-order valence-corrected chi connectivity index (χ1v) is 8.51. The number of amides is 1. The van der Waals surface area contributed by atoms with Crippen molar-refractivity contribution < 1.29 is 4.79 Å². The second-order valence-corrected chi connectivity index (χ2v) is 6.97. The molecule has 2 aromatic rings. The lowest BCUT2D eigenvalue weighted by Gasteiger charge is -2.24. The third kappa shape index (κ3) is 3.11. The molecule has 3 heterocycles. The van der Waals surface area contributed by atoms with E-state index in [4.69, 9.17) is 0 Å².